The molecular weight excluding hydrogens is 561 g/mol. The van der Waals surface area contributed by atoms with E-state index in [1.54, 1.807) is 0 Å². The van der Waals surface area contributed by atoms with Crippen LogP contribution in [0.1, 0.15) is 36.1 Å². The Morgan fingerprint density at radius 3 is 1.00 bits per heavy atom. The molecule has 0 aliphatic carbocycles. The molecule has 0 bridgehead atoms. The molecule has 0 N–H and O–H groups in total. The molecule has 1 aliphatic heterocycles. The van der Waals surface area contributed by atoms with E-state index >= 15 is 0 Å². The zero-order valence-electron chi connectivity index (χ0n) is 25.8. The van der Waals surface area contributed by atoms with Gasteiger partial charge in [0.1, 0.15) is 8.07 Å². The quantitative estimate of drug-likeness (QED) is 0.163. The Morgan fingerprint density at radius 2 is 0.711 bits per heavy atom. The van der Waals surface area contributed by atoms with E-state index in [4.69, 9.17) is 9.97 Å². The van der Waals surface area contributed by atoms with Crippen molar-refractivity contribution < 1.29 is 0 Å². The molecular formula is C42H36N2Si. The molecule has 218 valence electrons. The van der Waals surface area contributed by atoms with Gasteiger partial charge in [-0.25, -0.2) is 0 Å². The zero-order chi connectivity index (χ0) is 30.6. The Kier molecular flexibility index (Phi) is 7.94. The van der Waals surface area contributed by atoms with Crippen molar-refractivity contribution in [2.24, 2.45) is 0 Å². The summed E-state index contributed by atoms with van der Waals surface area (Å²) in [6.45, 7) is 4.79. The molecule has 0 unspecified atom stereocenters. The molecule has 4 aromatic carbocycles. The van der Waals surface area contributed by atoms with Gasteiger partial charge in [0, 0.05) is 23.5 Å². The summed E-state index contributed by atoms with van der Waals surface area (Å²) < 4.78 is 0. The first-order valence-corrected chi connectivity index (χ1v) is 18.3. The molecule has 6 aromatic rings. The van der Waals surface area contributed by atoms with Crippen LogP contribution in [0.5, 0.6) is 0 Å². The summed E-state index contributed by atoms with van der Waals surface area (Å²) in [6, 6.07) is 54.0. The lowest BCUT2D eigenvalue weighted by atomic mass is 9.89. The van der Waals surface area contributed by atoms with Crippen LogP contribution in [-0.4, -0.2) is 18.0 Å². The number of rotatable bonds is 8. The van der Waals surface area contributed by atoms with Crippen LogP contribution in [0, 0.1) is 0 Å². The van der Waals surface area contributed by atoms with Crippen LogP contribution < -0.4 is 0 Å². The van der Waals surface area contributed by atoms with E-state index in [1.807, 2.05) is 0 Å². The van der Waals surface area contributed by atoms with Crippen LogP contribution in [0.4, 0.5) is 0 Å². The van der Waals surface area contributed by atoms with Gasteiger partial charge in [0.05, 0.1) is 11.4 Å². The lowest BCUT2D eigenvalue weighted by Gasteiger charge is -2.32. The first-order valence-electron chi connectivity index (χ1n) is 15.9. The van der Waals surface area contributed by atoms with Crippen molar-refractivity contribution in [1.29, 1.82) is 0 Å². The predicted molar refractivity (Wildman–Crippen MR) is 193 cm³/mol. The third kappa shape index (κ3) is 5.20. The van der Waals surface area contributed by atoms with Crippen molar-refractivity contribution in [3.8, 4) is 22.5 Å². The highest BCUT2D eigenvalue weighted by Gasteiger charge is 2.48. The molecule has 2 nitrogen and oxygen atoms in total. The molecule has 45 heavy (non-hydrogen) atoms. The molecule has 0 saturated heterocycles. The first kappa shape index (κ1) is 28.6. The molecule has 0 atom stereocenters. The van der Waals surface area contributed by atoms with E-state index in [0.717, 1.165) is 34.6 Å². The predicted octanol–water partition coefficient (Wildman–Crippen LogP) is 10.9. The smallest absolute Gasteiger partial charge is 0.121 e. The van der Waals surface area contributed by atoms with E-state index in [9.17, 15) is 0 Å². The van der Waals surface area contributed by atoms with Gasteiger partial charge < -0.3 is 0 Å². The van der Waals surface area contributed by atoms with Crippen LogP contribution in [-0.2, 0) is 0 Å². The molecule has 7 rings (SSSR count). The fraction of sp³-hybridized carbons (Fsp3) is 0.0952. The van der Waals surface area contributed by atoms with E-state index in [0.29, 0.717) is 0 Å². The SMILES string of the molecule is CC[Si]1(CC)C(c2ccc(-c3ccccc3)nc2)=C(c2ccccc2)C(c2ccccc2)=C1c1ccc(-c2ccccc2)nc1. The Labute approximate surface area is 267 Å². The molecule has 2 aromatic heterocycles. The van der Waals surface area contributed by atoms with E-state index in [1.165, 1.54) is 43.8 Å². The van der Waals surface area contributed by atoms with Gasteiger partial charge in [-0.05, 0) is 55.9 Å². The van der Waals surface area contributed by atoms with Crippen LogP contribution in [0.25, 0.3) is 44.1 Å². The summed E-state index contributed by atoms with van der Waals surface area (Å²) in [4.78, 5) is 10.1. The monoisotopic (exact) mass is 596 g/mol. The minimum atomic E-state index is -2.33. The highest BCUT2D eigenvalue weighted by atomic mass is 28.3. The summed E-state index contributed by atoms with van der Waals surface area (Å²) in [6.07, 6.45) is 4.24. The van der Waals surface area contributed by atoms with Crippen molar-refractivity contribution in [3.05, 3.63) is 180 Å². The maximum absolute atomic E-state index is 5.05. The molecule has 0 fully saturated rings. The Morgan fingerprint density at radius 1 is 0.378 bits per heavy atom. The highest BCUT2D eigenvalue weighted by molar-refractivity contribution is 7.14. The van der Waals surface area contributed by atoms with Crippen molar-refractivity contribution in [2.75, 3.05) is 0 Å². The van der Waals surface area contributed by atoms with Gasteiger partial charge in [-0.2, -0.15) is 0 Å². The summed E-state index contributed by atoms with van der Waals surface area (Å²) >= 11 is 0. The number of allylic oxidation sites excluding steroid dienone is 2. The van der Waals surface area contributed by atoms with Crippen molar-refractivity contribution in [2.45, 2.75) is 25.9 Å². The van der Waals surface area contributed by atoms with Gasteiger partial charge in [-0.15, -0.1) is 0 Å². The Balaban J connectivity index is 1.50. The molecule has 0 saturated carbocycles. The summed E-state index contributed by atoms with van der Waals surface area (Å²) in [5.74, 6) is 0. The number of hydrogen-bond acceptors (Lipinski definition) is 2. The van der Waals surface area contributed by atoms with Gasteiger partial charge in [0.2, 0.25) is 0 Å². The summed E-state index contributed by atoms with van der Waals surface area (Å²) in [5, 5.41) is 2.96. The fourth-order valence-corrected chi connectivity index (χ4v) is 12.1. The molecule has 0 radical (unpaired) electrons. The normalized spacial score (nSPS) is 14.2. The van der Waals surface area contributed by atoms with Gasteiger partial charge >= 0.3 is 0 Å². The molecule has 0 spiro atoms. The van der Waals surface area contributed by atoms with Gasteiger partial charge in [-0.3, -0.25) is 9.97 Å². The molecule has 3 heteroatoms. The molecule has 3 heterocycles. The average Bonchev–Trinajstić information content (AvgIpc) is 3.45. The maximum Gasteiger partial charge on any atom is 0.121 e. The number of hydrogen-bond donors (Lipinski definition) is 0. The molecule has 0 amide bonds. The van der Waals surface area contributed by atoms with Crippen molar-refractivity contribution in [1.82, 2.24) is 9.97 Å². The second-order valence-corrected chi connectivity index (χ2v) is 16.2. The van der Waals surface area contributed by atoms with E-state index in [2.05, 4.69) is 172 Å². The zero-order valence-corrected chi connectivity index (χ0v) is 26.8. The van der Waals surface area contributed by atoms with Gasteiger partial charge in [-0.1, -0.05) is 159 Å². The number of pyridine rings is 2. The Hall–Kier alpha value is -5.12. The van der Waals surface area contributed by atoms with Crippen LogP contribution in [0.3, 0.4) is 0 Å². The standard InChI is InChI=1S/C42H36N2Si/c1-3-45(4-2)41(35-25-27-37(43-29-35)31-17-9-5-10-18-31)39(33-21-13-7-14-22-33)40(34-23-15-8-16-24-34)42(45)36-26-28-38(44-30-36)32-19-11-6-12-20-32/h5-30H,3-4H2,1-2H3. The van der Waals surface area contributed by atoms with Crippen molar-refractivity contribution >= 4 is 29.6 Å². The van der Waals surface area contributed by atoms with Gasteiger partial charge in [0.25, 0.3) is 0 Å². The number of aromatic nitrogens is 2. The van der Waals surface area contributed by atoms with E-state index in [-0.39, 0.29) is 0 Å². The average molecular weight is 597 g/mol. The lowest BCUT2D eigenvalue weighted by molar-refractivity contribution is 1.27. The van der Waals surface area contributed by atoms with Crippen molar-refractivity contribution in [3.63, 3.8) is 0 Å². The number of benzene rings is 4. The second kappa shape index (κ2) is 12.5. The minimum Gasteiger partial charge on any atom is -0.256 e. The summed E-state index contributed by atoms with van der Waals surface area (Å²) in [7, 11) is -2.33. The minimum absolute atomic E-state index is 0.997. The summed E-state index contributed by atoms with van der Waals surface area (Å²) in [5.41, 5.74) is 11.9. The second-order valence-electron chi connectivity index (χ2n) is 11.6. The van der Waals surface area contributed by atoms with Crippen LogP contribution >= 0.6 is 0 Å². The first-order chi connectivity index (χ1) is 22.2. The number of nitrogens with zero attached hydrogens (tertiary/aromatic N) is 2. The third-order valence-corrected chi connectivity index (χ3v) is 14.7. The van der Waals surface area contributed by atoms with Crippen LogP contribution in [0.2, 0.25) is 12.1 Å². The fourth-order valence-electron chi connectivity index (χ4n) is 7.08. The van der Waals surface area contributed by atoms with E-state index < -0.39 is 8.07 Å². The Bertz CT molecular complexity index is 1810. The lowest BCUT2D eigenvalue weighted by Crippen LogP contribution is -2.35. The van der Waals surface area contributed by atoms with Gasteiger partial charge in [0.15, 0.2) is 0 Å². The topological polar surface area (TPSA) is 25.8 Å². The molecule has 1 aliphatic rings. The largest absolute Gasteiger partial charge is 0.256 e. The highest BCUT2D eigenvalue weighted by Crippen LogP contribution is 2.58. The maximum atomic E-state index is 5.05. The third-order valence-electron chi connectivity index (χ3n) is 9.28. The van der Waals surface area contributed by atoms with Crippen LogP contribution in [0.15, 0.2) is 158 Å².